The van der Waals surface area contributed by atoms with E-state index in [9.17, 15) is 9.90 Å². The second-order valence-corrected chi connectivity index (χ2v) is 5.94. The molecule has 0 bridgehead atoms. The van der Waals surface area contributed by atoms with Crippen LogP contribution in [0.15, 0.2) is 18.2 Å². The van der Waals surface area contributed by atoms with Gasteiger partial charge >= 0.3 is 0 Å². The fourth-order valence-corrected chi connectivity index (χ4v) is 2.76. The molecule has 0 radical (unpaired) electrons. The zero-order valence-electron chi connectivity index (χ0n) is 12.2. The predicted molar refractivity (Wildman–Crippen MR) is 74.5 cm³/mol. The molecule has 0 saturated carbocycles. The molecule has 1 fully saturated rings. The monoisotopic (exact) mass is 293 g/mol. The summed E-state index contributed by atoms with van der Waals surface area (Å²) in [5.41, 5.74) is 0.0751. The van der Waals surface area contributed by atoms with Gasteiger partial charge < -0.3 is 24.2 Å². The van der Waals surface area contributed by atoms with E-state index >= 15 is 0 Å². The van der Waals surface area contributed by atoms with Crippen molar-refractivity contribution in [2.45, 2.75) is 25.6 Å². The van der Waals surface area contributed by atoms with Crippen molar-refractivity contribution < 1.29 is 24.1 Å². The van der Waals surface area contributed by atoms with Crippen LogP contribution in [-0.4, -0.2) is 54.1 Å². The van der Waals surface area contributed by atoms with Gasteiger partial charge in [-0.25, -0.2) is 0 Å². The number of benzene rings is 1. The highest BCUT2D eigenvalue weighted by Gasteiger charge is 2.35. The molecule has 6 nitrogen and oxygen atoms in total. The van der Waals surface area contributed by atoms with Crippen LogP contribution in [0.2, 0.25) is 0 Å². The van der Waals surface area contributed by atoms with Gasteiger partial charge in [0.1, 0.15) is 0 Å². The Morgan fingerprint density at radius 2 is 2.14 bits per heavy atom. The summed E-state index contributed by atoms with van der Waals surface area (Å²) >= 11 is 0. The topological polar surface area (TPSA) is 68.2 Å². The molecule has 0 aliphatic carbocycles. The Kier molecular flexibility index (Phi) is 3.51. The van der Waals surface area contributed by atoms with Gasteiger partial charge in [0.05, 0.1) is 18.3 Å². The first kappa shape index (κ1) is 14.2. The normalized spacial score (nSPS) is 23.2. The first-order valence-corrected chi connectivity index (χ1v) is 6.96. The molecule has 1 atom stereocenters. The summed E-state index contributed by atoms with van der Waals surface area (Å²) in [5, 5.41) is 9.32. The van der Waals surface area contributed by atoms with Gasteiger partial charge in [-0.3, -0.25) is 4.79 Å². The number of ether oxygens (including phenoxy) is 3. The van der Waals surface area contributed by atoms with E-state index in [0.717, 1.165) is 0 Å². The van der Waals surface area contributed by atoms with Crippen molar-refractivity contribution in [2.24, 2.45) is 0 Å². The van der Waals surface area contributed by atoms with Crippen LogP contribution in [0.4, 0.5) is 0 Å². The highest BCUT2D eigenvalue weighted by atomic mass is 16.7. The number of morpholine rings is 1. The van der Waals surface area contributed by atoms with E-state index in [0.29, 0.717) is 30.2 Å². The molecule has 0 aromatic heterocycles. The van der Waals surface area contributed by atoms with Gasteiger partial charge in [-0.1, -0.05) is 0 Å². The first-order valence-electron chi connectivity index (χ1n) is 6.96. The fourth-order valence-electron chi connectivity index (χ4n) is 2.76. The Morgan fingerprint density at radius 1 is 1.38 bits per heavy atom. The number of carbonyl (C=O) groups excluding carboxylic acids is 1. The number of aliphatic hydroxyl groups is 1. The Hall–Kier alpha value is -1.79. The van der Waals surface area contributed by atoms with Crippen molar-refractivity contribution in [3.8, 4) is 11.5 Å². The minimum absolute atomic E-state index is 0.0943. The van der Waals surface area contributed by atoms with Gasteiger partial charge in [0.25, 0.3) is 5.91 Å². The van der Waals surface area contributed by atoms with Crippen molar-refractivity contribution in [1.29, 1.82) is 0 Å². The number of hydrogen-bond donors (Lipinski definition) is 1. The Labute approximate surface area is 123 Å². The van der Waals surface area contributed by atoms with E-state index in [-0.39, 0.29) is 25.4 Å². The number of fused-ring (bicyclic) bond motifs is 1. The minimum atomic E-state index is -0.475. The molecule has 1 unspecified atom stereocenters. The molecular formula is C15H19NO5. The van der Waals surface area contributed by atoms with Crippen LogP contribution in [0.25, 0.3) is 0 Å². The molecule has 2 heterocycles. The molecule has 21 heavy (non-hydrogen) atoms. The van der Waals surface area contributed by atoms with E-state index < -0.39 is 5.60 Å². The second kappa shape index (κ2) is 5.20. The standard InChI is InChI=1S/C15H19NO5/c1-15(2)8-16(6-11(7-17)21-15)14(18)10-3-4-12-13(5-10)20-9-19-12/h3-5,11,17H,6-9H2,1-2H3. The first-order chi connectivity index (χ1) is 9.98. The lowest BCUT2D eigenvalue weighted by Gasteiger charge is -2.42. The molecule has 1 aromatic carbocycles. The van der Waals surface area contributed by atoms with Crippen LogP contribution in [-0.2, 0) is 4.74 Å². The lowest BCUT2D eigenvalue weighted by molar-refractivity contribution is -0.139. The second-order valence-electron chi connectivity index (χ2n) is 5.94. The minimum Gasteiger partial charge on any atom is -0.454 e. The van der Waals surface area contributed by atoms with Crippen molar-refractivity contribution in [3.63, 3.8) is 0 Å². The Balaban J connectivity index is 1.81. The Morgan fingerprint density at radius 3 is 2.90 bits per heavy atom. The fraction of sp³-hybridized carbons (Fsp3) is 0.533. The van der Waals surface area contributed by atoms with E-state index in [2.05, 4.69) is 0 Å². The molecule has 6 heteroatoms. The van der Waals surface area contributed by atoms with Crippen molar-refractivity contribution in [3.05, 3.63) is 23.8 Å². The lowest BCUT2D eigenvalue weighted by Crippen LogP contribution is -2.55. The molecule has 114 valence electrons. The molecule has 1 aromatic rings. The van der Waals surface area contributed by atoms with E-state index in [1.54, 1.807) is 23.1 Å². The third kappa shape index (κ3) is 2.82. The smallest absolute Gasteiger partial charge is 0.254 e. The third-order valence-electron chi connectivity index (χ3n) is 3.59. The van der Waals surface area contributed by atoms with Crippen molar-refractivity contribution >= 4 is 5.91 Å². The maximum absolute atomic E-state index is 12.6. The SMILES string of the molecule is CC1(C)CN(C(=O)c2ccc3c(c2)OCO3)CC(CO)O1. The van der Waals surface area contributed by atoms with Gasteiger partial charge in [-0.2, -0.15) is 0 Å². The quantitative estimate of drug-likeness (QED) is 0.882. The van der Waals surface area contributed by atoms with Crippen LogP contribution in [0.3, 0.4) is 0 Å². The summed E-state index contributed by atoms with van der Waals surface area (Å²) < 4.78 is 16.3. The van der Waals surface area contributed by atoms with Gasteiger partial charge in [-0.15, -0.1) is 0 Å². The highest BCUT2D eigenvalue weighted by molar-refractivity contribution is 5.95. The highest BCUT2D eigenvalue weighted by Crippen LogP contribution is 2.33. The summed E-state index contributed by atoms with van der Waals surface area (Å²) in [5.74, 6) is 1.15. The maximum Gasteiger partial charge on any atom is 0.254 e. The summed E-state index contributed by atoms with van der Waals surface area (Å²) in [6.45, 7) is 4.77. The van der Waals surface area contributed by atoms with Crippen molar-refractivity contribution in [1.82, 2.24) is 4.90 Å². The molecule has 2 aliphatic rings. The summed E-state index contributed by atoms with van der Waals surface area (Å²) in [7, 11) is 0. The van der Waals surface area contributed by atoms with Gasteiger partial charge in [0.15, 0.2) is 11.5 Å². The largest absolute Gasteiger partial charge is 0.454 e. The zero-order chi connectivity index (χ0) is 15.0. The lowest BCUT2D eigenvalue weighted by atomic mass is 10.0. The number of carbonyl (C=O) groups is 1. The summed E-state index contributed by atoms with van der Waals surface area (Å²) in [6.07, 6.45) is -0.355. The number of rotatable bonds is 2. The number of amides is 1. The average molecular weight is 293 g/mol. The van der Waals surface area contributed by atoms with Crippen LogP contribution < -0.4 is 9.47 Å². The van der Waals surface area contributed by atoms with Crippen LogP contribution in [0.5, 0.6) is 11.5 Å². The zero-order valence-corrected chi connectivity index (χ0v) is 12.2. The Bertz CT molecular complexity index is 557. The van der Waals surface area contributed by atoms with E-state index in [4.69, 9.17) is 14.2 Å². The molecular weight excluding hydrogens is 274 g/mol. The molecule has 1 N–H and O–H groups in total. The molecule has 3 rings (SSSR count). The number of hydrogen-bond acceptors (Lipinski definition) is 5. The number of nitrogens with zero attached hydrogens (tertiary/aromatic N) is 1. The average Bonchev–Trinajstić information content (AvgIpc) is 2.92. The van der Waals surface area contributed by atoms with E-state index in [1.165, 1.54) is 0 Å². The number of aliphatic hydroxyl groups excluding tert-OH is 1. The van der Waals surface area contributed by atoms with Crippen LogP contribution in [0.1, 0.15) is 24.2 Å². The van der Waals surface area contributed by atoms with Crippen molar-refractivity contribution in [2.75, 3.05) is 26.5 Å². The van der Waals surface area contributed by atoms with Crippen LogP contribution in [0, 0.1) is 0 Å². The molecule has 2 aliphatic heterocycles. The summed E-state index contributed by atoms with van der Waals surface area (Å²) in [6, 6.07) is 5.16. The van der Waals surface area contributed by atoms with E-state index in [1.807, 2.05) is 13.8 Å². The van der Waals surface area contributed by atoms with Gasteiger partial charge in [0.2, 0.25) is 6.79 Å². The molecule has 1 saturated heterocycles. The molecule has 1 amide bonds. The van der Waals surface area contributed by atoms with Gasteiger partial charge in [0, 0.05) is 18.7 Å². The third-order valence-corrected chi connectivity index (χ3v) is 3.59. The maximum atomic E-state index is 12.6. The summed E-state index contributed by atoms with van der Waals surface area (Å²) in [4.78, 5) is 14.4. The van der Waals surface area contributed by atoms with Gasteiger partial charge in [-0.05, 0) is 32.0 Å². The predicted octanol–water partition coefficient (Wildman–Crippen LogP) is 1.03. The van der Waals surface area contributed by atoms with Crippen LogP contribution >= 0.6 is 0 Å². The molecule has 0 spiro atoms.